The fourth-order valence-electron chi connectivity index (χ4n) is 3.81. The lowest BCUT2D eigenvalue weighted by atomic mass is 10.0. The molecular formula is C20H30N2O2. The average molecular weight is 330 g/mol. The van der Waals surface area contributed by atoms with Crippen LogP contribution in [0.5, 0.6) is 5.75 Å². The summed E-state index contributed by atoms with van der Waals surface area (Å²) in [6.45, 7) is 5.81. The summed E-state index contributed by atoms with van der Waals surface area (Å²) in [5.41, 5.74) is 0.657. The molecule has 1 atom stereocenters. The topological polar surface area (TPSA) is 35.9 Å². The van der Waals surface area contributed by atoms with Crippen molar-refractivity contribution in [3.05, 3.63) is 35.9 Å². The van der Waals surface area contributed by atoms with Gasteiger partial charge in [-0.15, -0.1) is 0 Å². The first-order valence-electron chi connectivity index (χ1n) is 9.15. The fourth-order valence-corrected chi connectivity index (χ4v) is 3.81. The van der Waals surface area contributed by atoms with Crippen LogP contribution < -0.4 is 4.74 Å². The van der Waals surface area contributed by atoms with Gasteiger partial charge < -0.3 is 14.7 Å². The third kappa shape index (κ3) is 4.82. The van der Waals surface area contributed by atoms with Crippen LogP contribution in [0.2, 0.25) is 0 Å². The van der Waals surface area contributed by atoms with E-state index in [-0.39, 0.29) is 0 Å². The van der Waals surface area contributed by atoms with Crippen molar-refractivity contribution in [2.45, 2.75) is 31.3 Å². The van der Waals surface area contributed by atoms with E-state index in [9.17, 15) is 5.11 Å². The van der Waals surface area contributed by atoms with Gasteiger partial charge >= 0.3 is 0 Å². The summed E-state index contributed by atoms with van der Waals surface area (Å²) in [5, 5.41) is 10.9. The zero-order valence-corrected chi connectivity index (χ0v) is 14.8. The standard InChI is InChI=1S/C20H30N2O2/c1-24-19-9-7-18(8-10-19)6-5-14-22-15-11-20(23,17-22)16-21-12-3-2-4-13-21/h5-10,23H,2-4,11-17H2,1H3. The van der Waals surface area contributed by atoms with Crippen molar-refractivity contribution in [2.24, 2.45) is 0 Å². The van der Waals surface area contributed by atoms with E-state index in [0.29, 0.717) is 0 Å². The van der Waals surface area contributed by atoms with E-state index >= 15 is 0 Å². The van der Waals surface area contributed by atoms with Crippen molar-refractivity contribution in [1.82, 2.24) is 9.80 Å². The molecule has 4 nitrogen and oxygen atoms in total. The first kappa shape index (κ1) is 17.5. The second kappa shape index (κ2) is 8.15. The number of piperidine rings is 1. The van der Waals surface area contributed by atoms with Crippen LogP contribution in [0.1, 0.15) is 31.2 Å². The Bertz CT molecular complexity index is 537. The minimum absolute atomic E-state index is 0.523. The zero-order valence-electron chi connectivity index (χ0n) is 14.8. The van der Waals surface area contributed by atoms with Gasteiger partial charge in [-0.3, -0.25) is 4.90 Å². The SMILES string of the molecule is COc1ccc(C=CCN2CCC(O)(CN3CCCCC3)C2)cc1. The number of likely N-dealkylation sites (tertiary alicyclic amines) is 2. The Kier molecular flexibility index (Phi) is 5.93. The maximum absolute atomic E-state index is 10.9. The number of hydrogen-bond donors (Lipinski definition) is 1. The monoisotopic (exact) mass is 330 g/mol. The highest BCUT2D eigenvalue weighted by Gasteiger charge is 2.37. The summed E-state index contributed by atoms with van der Waals surface area (Å²) in [7, 11) is 1.68. The molecule has 2 aliphatic rings. The minimum atomic E-state index is -0.523. The van der Waals surface area contributed by atoms with Crippen molar-refractivity contribution in [3.8, 4) is 5.75 Å². The highest BCUT2D eigenvalue weighted by molar-refractivity contribution is 5.50. The van der Waals surface area contributed by atoms with Crippen LogP contribution in [0, 0.1) is 0 Å². The molecule has 0 radical (unpaired) electrons. The van der Waals surface area contributed by atoms with E-state index in [0.717, 1.165) is 51.4 Å². The molecule has 0 bridgehead atoms. The molecule has 2 aliphatic heterocycles. The Morgan fingerprint density at radius 1 is 1.08 bits per heavy atom. The molecule has 2 heterocycles. The fraction of sp³-hybridized carbons (Fsp3) is 0.600. The number of β-amino-alcohol motifs (C(OH)–C–C–N with tert-alkyl or cyclic N) is 1. The number of nitrogens with zero attached hydrogens (tertiary/aromatic N) is 2. The smallest absolute Gasteiger partial charge is 0.118 e. The van der Waals surface area contributed by atoms with E-state index in [1.54, 1.807) is 7.11 Å². The van der Waals surface area contributed by atoms with Gasteiger partial charge in [0.15, 0.2) is 0 Å². The van der Waals surface area contributed by atoms with Crippen LogP contribution in [-0.2, 0) is 0 Å². The summed E-state index contributed by atoms with van der Waals surface area (Å²) in [4.78, 5) is 4.80. The van der Waals surface area contributed by atoms with Crippen LogP contribution >= 0.6 is 0 Å². The first-order chi connectivity index (χ1) is 11.7. The second-order valence-corrected chi connectivity index (χ2v) is 7.22. The number of hydrogen-bond acceptors (Lipinski definition) is 4. The number of rotatable bonds is 6. The Hall–Kier alpha value is -1.36. The van der Waals surface area contributed by atoms with Gasteiger partial charge in [0.1, 0.15) is 5.75 Å². The van der Waals surface area contributed by atoms with Gasteiger partial charge in [0.25, 0.3) is 0 Å². The molecule has 132 valence electrons. The Morgan fingerprint density at radius 3 is 2.54 bits per heavy atom. The highest BCUT2D eigenvalue weighted by atomic mass is 16.5. The molecule has 0 amide bonds. The van der Waals surface area contributed by atoms with E-state index in [2.05, 4.69) is 34.1 Å². The number of aliphatic hydroxyl groups is 1. The molecule has 3 rings (SSSR count). The quantitative estimate of drug-likeness (QED) is 0.870. The molecule has 1 unspecified atom stereocenters. The van der Waals surface area contributed by atoms with Crippen LogP contribution in [0.4, 0.5) is 0 Å². The lowest BCUT2D eigenvalue weighted by molar-refractivity contribution is 0.00771. The van der Waals surface area contributed by atoms with Gasteiger partial charge in [0.2, 0.25) is 0 Å². The van der Waals surface area contributed by atoms with Gasteiger partial charge in [0, 0.05) is 26.2 Å². The van der Waals surface area contributed by atoms with Crippen LogP contribution in [0.15, 0.2) is 30.3 Å². The second-order valence-electron chi connectivity index (χ2n) is 7.22. The number of methoxy groups -OCH3 is 1. The molecule has 1 N–H and O–H groups in total. The third-order valence-corrected chi connectivity index (χ3v) is 5.17. The first-order valence-corrected chi connectivity index (χ1v) is 9.15. The molecule has 0 aliphatic carbocycles. The van der Waals surface area contributed by atoms with Crippen LogP contribution in [0.25, 0.3) is 6.08 Å². The summed E-state index contributed by atoms with van der Waals surface area (Å²) >= 11 is 0. The molecular weight excluding hydrogens is 300 g/mol. The Morgan fingerprint density at radius 2 is 1.83 bits per heavy atom. The van der Waals surface area contributed by atoms with Crippen molar-refractivity contribution in [1.29, 1.82) is 0 Å². The normalized spacial score (nSPS) is 26.2. The van der Waals surface area contributed by atoms with Crippen molar-refractivity contribution in [3.63, 3.8) is 0 Å². The Balaban J connectivity index is 1.45. The average Bonchev–Trinajstić information content (AvgIpc) is 2.97. The van der Waals surface area contributed by atoms with Crippen LogP contribution in [-0.4, -0.2) is 66.9 Å². The Labute approximate surface area is 145 Å². The molecule has 0 saturated carbocycles. The lowest BCUT2D eigenvalue weighted by Crippen LogP contribution is -2.46. The highest BCUT2D eigenvalue weighted by Crippen LogP contribution is 2.24. The molecule has 4 heteroatoms. The van der Waals surface area contributed by atoms with Gasteiger partial charge in [-0.2, -0.15) is 0 Å². The zero-order chi connectivity index (χ0) is 16.8. The van der Waals surface area contributed by atoms with Gasteiger partial charge in [-0.05, 0) is 50.0 Å². The largest absolute Gasteiger partial charge is 0.497 e. The van der Waals surface area contributed by atoms with Gasteiger partial charge in [0.05, 0.1) is 12.7 Å². The molecule has 0 spiro atoms. The minimum Gasteiger partial charge on any atom is -0.497 e. The van der Waals surface area contributed by atoms with Crippen molar-refractivity contribution < 1.29 is 9.84 Å². The summed E-state index contributed by atoms with van der Waals surface area (Å²) < 4.78 is 5.18. The molecule has 1 aromatic carbocycles. The van der Waals surface area contributed by atoms with Crippen LogP contribution in [0.3, 0.4) is 0 Å². The maximum atomic E-state index is 10.9. The summed E-state index contributed by atoms with van der Waals surface area (Å²) in [6, 6.07) is 8.08. The maximum Gasteiger partial charge on any atom is 0.118 e. The number of ether oxygens (including phenoxy) is 1. The van der Waals surface area contributed by atoms with E-state index in [1.165, 1.54) is 24.8 Å². The molecule has 0 aromatic heterocycles. The van der Waals surface area contributed by atoms with Crippen molar-refractivity contribution >= 4 is 6.08 Å². The van der Waals surface area contributed by atoms with E-state index in [1.807, 2.05) is 12.1 Å². The van der Waals surface area contributed by atoms with Crippen molar-refractivity contribution in [2.75, 3.05) is 46.4 Å². The molecule has 2 fully saturated rings. The van der Waals surface area contributed by atoms with E-state index in [4.69, 9.17) is 4.74 Å². The van der Waals surface area contributed by atoms with Gasteiger partial charge in [-0.25, -0.2) is 0 Å². The lowest BCUT2D eigenvalue weighted by Gasteiger charge is -2.33. The summed E-state index contributed by atoms with van der Waals surface area (Å²) in [5.74, 6) is 0.884. The molecule has 24 heavy (non-hydrogen) atoms. The molecule has 1 aromatic rings. The van der Waals surface area contributed by atoms with Gasteiger partial charge in [-0.1, -0.05) is 30.7 Å². The number of benzene rings is 1. The molecule has 2 saturated heterocycles. The third-order valence-electron chi connectivity index (χ3n) is 5.17. The predicted octanol–water partition coefficient (Wildman–Crippen LogP) is 2.63. The summed E-state index contributed by atoms with van der Waals surface area (Å²) in [6.07, 6.45) is 9.13. The van der Waals surface area contributed by atoms with E-state index < -0.39 is 5.60 Å². The predicted molar refractivity (Wildman–Crippen MR) is 98.3 cm³/mol.